The van der Waals surface area contributed by atoms with Crippen LogP contribution in [0.5, 0.6) is 0 Å². The standard InChI is InChI=1S/C41H48N10O4S/c1-2-29-22-35-36(46-38(29)52)21-28(23-43-35)26-49-17-19-50(20-18-49)32-13-14-34(44-24-32)40(54)48-56-33-25-45-51(27-33)16-15-42-41(55)37(30-9-5-3-6-10-30)47-39(53)31-11-7-4-8-12-31/h4,7-8,11-14,21-25,27,30,37H,2-3,5-6,9-10,15-20,26H2,1H3,(H,42,55)(H,46,52)(H,47,53)(H,48,54). The Morgan fingerprint density at radius 3 is 2.48 bits per heavy atom. The van der Waals surface area contributed by atoms with Crippen molar-refractivity contribution in [2.24, 2.45) is 5.92 Å². The fourth-order valence-corrected chi connectivity index (χ4v) is 7.99. The molecule has 7 rings (SSSR count). The van der Waals surface area contributed by atoms with E-state index in [1.807, 2.05) is 55.7 Å². The molecule has 292 valence electrons. The lowest BCUT2D eigenvalue weighted by Crippen LogP contribution is -2.51. The number of hydrogen-bond donors (Lipinski definition) is 4. The fourth-order valence-electron chi connectivity index (χ4n) is 7.41. The number of H-pyrrole nitrogens is 1. The summed E-state index contributed by atoms with van der Waals surface area (Å²) in [6.07, 6.45) is 12.8. The van der Waals surface area contributed by atoms with Crippen LogP contribution in [0.15, 0.2) is 89.1 Å². The lowest BCUT2D eigenvalue weighted by Gasteiger charge is -2.36. The fraction of sp³-hybridized carbons (Fsp3) is 0.390. The molecule has 2 fully saturated rings. The second-order valence-corrected chi connectivity index (χ2v) is 15.3. The van der Waals surface area contributed by atoms with E-state index in [1.165, 1.54) is 0 Å². The Bertz CT molecular complexity index is 2180. The van der Waals surface area contributed by atoms with Gasteiger partial charge in [0.15, 0.2) is 0 Å². The molecule has 5 heterocycles. The Kier molecular flexibility index (Phi) is 12.7. The van der Waals surface area contributed by atoms with Crippen molar-refractivity contribution in [1.29, 1.82) is 0 Å². The summed E-state index contributed by atoms with van der Waals surface area (Å²) in [4.78, 5) is 68.8. The maximum atomic E-state index is 13.3. The van der Waals surface area contributed by atoms with Gasteiger partial charge in [-0.05, 0) is 79.1 Å². The predicted octanol–water partition coefficient (Wildman–Crippen LogP) is 4.33. The lowest BCUT2D eigenvalue weighted by atomic mass is 9.83. The predicted molar refractivity (Wildman–Crippen MR) is 216 cm³/mol. The van der Waals surface area contributed by atoms with E-state index in [2.05, 4.69) is 45.2 Å². The van der Waals surface area contributed by atoms with E-state index >= 15 is 0 Å². The minimum absolute atomic E-state index is 0.0563. The van der Waals surface area contributed by atoms with Gasteiger partial charge in [-0.3, -0.25) is 38.5 Å². The molecule has 0 radical (unpaired) electrons. The summed E-state index contributed by atoms with van der Waals surface area (Å²) in [5, 5.41) is 10.4. The van der Waals surface area contributed by atoms with Gasteiger partial charge in [-0.15, -0.1) is 0 Å². The highest BCUT2D eigenvalue weighted by molar-refractivity contribution is 7.98. The van der Waals surface area contributed by atoms with Gasteiger partial charge in [0.05, 0.1) is 40.6 Å². The van der Waals surface area contributed by atoms with Gasteiger partial charge < -0.3 is 20.5 Å². The van der Waals surface area contributed by atoms with Gasteiger partial charge in [0.25, 0.3) is 17.4 Å². The molecule has 1 aromatic carbocycles. The third-order valence-electron chi connectivity index (χ3n) is 10.6. The molecule has 2 aliphatic rings. The quantitative estimate of drug-likeness (QED) is 0.119. The molecule has 1 aliphatic heterocycles. The molecule has 0 spiro atoms. The van der Waals surface area contributed by atoms with E-state index in [0.29, 0.717) is 30.8 Å². The Balaban J connectivity index is 0.839. The first-order valence-electron chi connectivity index (χ1n) is 19.4. The first kappa shape index (κ1) is 38.7. The molecular weight excluding hydrogens is 729 g/mol. The van der Waals surface area contributed by atoms with Gasteiger partial charge >= 0.3 is 0 Å². The SMILES string of the molecule is CCc1cc2ncc(CN3CCN(c4ccc(C(=O)NSc5cnn(CCNC(=O)C(NC(=O)c6ccccc6)C6CCCCC6)c5)nc4)CC3)cc2[nH]c1=O. The van der Waals surface area contributed by atoms with Crippen LogP contribution < -0.4 is 25.8 Å². The first-order chi connectivity index (χ1) is 27.3. The number of aromatic amines is 1. The molecule has 5 aromatic rings. The Labute approximate surface area is 330 Å². The summed E-state index contributed by atoms with van der Waals surface area (Å²) in [6.45, 7) is 6.84. The van der Waals surface area contributed by atoms with E-state index in [9.17, 15) is 19.2 Å². The normalized spacial score (nSPS) is 15.7. The maximum Gasteiger partial charge on any atom is 0.279 e. The molecule has 4 N–H and O–H groups in total. The number of aryl methyl sites for hydroxylation is 1. The van der Waals surface area contributed by atoms with Crippen molar-refractivity contribution in [3.8, 4) is 0 Å². The minimum Gasteiger partial charge on any atom is -0.368 e. The number of fused-ring (bicyclic) bond motifs is 1. The highest BCUT2D eigenvalue weighted by atomic mass is 32.2. The Morgan fingerprint density at radius 2 is 1.73 bits per heavy atom. The number of aromatic nitrogens is 5. The van der Waals surface area contributed by atoms with E-state index < -0.39 is 6.04 Å². The summed E-state index contributed by atoms with van der Waals surface area (Å²) in [7, 11) is 0. The number of carbonyl (C=O) groups excluding carboxylic acids is 3. The van der Waals surface area contributed by atoms with Crippen LogP contribution in [0, 0.1) is 5.92 Å². The van der Waals surface area contributed by atoms with Gasteiger partial charge in [-0.25, -0.2) is 4.98 Å². The van der Waals surface area contributed by atoms with Crippen LogP contribution in [0.4, 0.5) is 5.69 Å². The molecule has 56 heavy (non-hydrogen) atoms. The van der Waals surface area contributed by atoms with Gasteiger partial charge in [0.2, 0.25) is 5.91 Å². The topological polar surface area (TPSA) is 170 Å². The van der Waals surface area contributed by atoms with Gasteiger partial charge in [0.1, 0.15) is 11.7 Å². The average Bonchev–Trinajstić information content (AvgIpc) is 3.70. The number of rotatable bonds is 14. The average molecular weight is 777 g/mol. The van der Waals surface area contributed by atoms with Crippen LogP contribution >= 0.6 is 11.9 Å². The van der Waals surface area contributed by atoms with Gasteiger partial charge in [-0.2, -0.15) is 5.10 Å². The van der Waals surface area contributed by atoms with Gasteiger partial charge in [0, 0.05) is 62.8 Å². The molecule has 14 nitrogen and oxygen atoms in total. The van der Waals surface area contributed by atoms with E-state index in [-0.39, 0.29) is 29.2 Å². The van der Waals surface area contributed by atoms with Crippen LogP contribution in [0.1, 0.15) is 71.0 Å². The third-order valence-corrected chi connectivity index (χ3v) is 11.3. The number of benzene rings is 1. The first-order valence-corrected chi connectivity index (χ1v) is 20.2. The highest BCUT2D eigenvalue weighted by Gasteiger charge is 2.31. The van der Waals surface area contributed by atoms with Crippen molar-refractivity contribution in [2.75, 3.05) is 37.6 Å². The number of anilines is 1. The zero-order valence-electron chi connectivity index (χ0n) is 31.6. The number of nitrogens with one attached hydrogen (secondary N) is 4. The number of nitrogens with zero attached hydrogens (tertiary/aromatic N) is 6. The largest absolute Gasteiger partial charge is 0.368 e. The number of piperazine rings is 1. The van der Waals surface area contributed by atoms with Crippen LogP contribution in [-0.2, 0) is 24.3 Å². The molecule has 1 aliphatic carbocycles. The number of hydrogen-bond acceptors (Lipinski definition) is 10. The van der Waals surface area contributed by atoms with Crippen LogP contribution in [0.3, 0.4) is 0 Å². The Hall–Kier alpha value is -5.54. The minimum atomic E-state index is -0.593. The number of pyridine rings is 3. The van der Waals surface area contributed by atoms with E-state index in [0.717, 1.165) is 110 Å². The van der Waals surface area contributed by atoms with Crippen LogP contribution in [0.2, 0.25) is 0 Å². The molecular formula is C41H48N10O4S. The van der Waals surface area contributed by atoms with Crippen molar-refractivity contribution in [3.05, 3.63) is 112 Å². The zero-order valence-corrected chi connectivity index (χ0v) is 32.4. The summed E-state index contributed by atoms with van der Waals surface area (Å²) in [6, 6.07) is 15.9. The molecule has 1 unspecified atom stereocenters. The van der Waals surface area contributed by atoms with E-state index in [1.54, 1.807) is 35.3 Å². The summed E-state index contributed by atoms with van der Waals surface area (Å²) in [5.41, 5.74) is 5.11. The van der Waals surface area contributed by atoms with Crippen molar-refractivity contribution in [1.82, 2.24) is 45.0 Å². The van der Waals surface area contributed by atoms with Crippen molar-refractivity contribution in [2.45, 2.75) is 69.5 Å². The number of amides is 3. The monoisotopic (exact) mass is 776 g/mol. The van der Waals surface area contributed by atoms with Crippen LogP contribution in [-0.4, -0.2) is 86.1 Å². The lowest BCUT2D eigenvalue weighted by molar-refractivity contribution is -0.124. The highest BCUT2D eigenvalue weighted by Crippen LogP contribution is 2.27. The molecule has 1 saturated carbocycles. The molecule has 0 bridgehead atoms. The molecule has 4 aromatic heterocycles. The van der Waals surface area contributed by atoms with Gasteiger partial charge in [-0.1, -0.05) is 44.4 Å². The van der Waals surface area contributed by atoms with Crippen molar-refractivity contribution >= 4 is 46.4 Å². The molecule has 15 heteroatoms. The second kappa shape index (κ2) is 18.4. The smallest absolute Gasteiger partial charge is 0.279 e. The van der Waals surface area contributed by atoms with E-state index in [4.69, 9.17) is 0 Å². The van der Waals surface area contributed by atoms with Crippen molar-refractivity contribution < 1.29 is 14.4 Å². The summed E-state index contributed by atoms with van der Waals surface area (Å²) < 4.78 is 4.55. The Morgan fingerprint density at radius 1 is 0.929 bits per heavy atom. The number of carbonyl (C=O) groups is 3. The summed E-state index contributed by atoms with van der Waals surface area (Å²) in [5.74, 6) is -0.637. The summed E-state index contributed by atoms with van der Waals surface area (Å²) >= 11 is 1.15. The molecule has 1 saturated heterocycles. The second-order valence-electron chi connectivity index (χ2n) is 14.4. The van der Waals surface area contributed by atoms with Crippen LogP contribution in [0.25, 0.3) is 11.0 Å². The molecule has 1 atom stereocenters. The van der Waals surface area contributed by atoms with Crippen molar-refractivity contribution in [3.63, 3.8) is 0 Å². The third kappa shape index (κ3) is 9.81. The zero-order chi connectivity index (χ0) is 38.9. The molecule has 3 amide bonds. The maximum absolute atomic E-state index is 13.3.